The molecule has 0 N–H and O–H groups in total. The van der Waals surface area contributed by atoms with E-state index in [-0.39, 0.29) is 24.2 Å². The van der Waals surface area contributed by atoms with Crippen molar-refractivity contribution in [3.8, 4) is 22.4 Å². The number of fused-ring (bicyclic) bond motifs is 2. The van der Waals surface area contributed by atoms with Gasteiger partial charge in [-0.05, 0) is 71.8 Å². The average molecular weight is 448 g/mol. The van der Waals surface area contributed by atoms with Crippen molar-refractivity contribution < 1.29 is 14.0 Å². The van der Waals surface area contributed by atoms with Crippen LogP contribution in [0.1, 0.15) is 26.3 Å². The molecule has 6 rings (SSSR count). The van der Waals surface area contributed by atoms with Gasteiger partial charge in [0.25, 0.3) is 11.8 Å². The Morgan fingerprint density at radius 1 is 0.794 bits per heavy atom. The summed E-state index contributed by atoms with van der Waals surface area (Å²) in [7, 11) is 0. The maximum atomic E-state index is 13.5. The highest BCUT2D eigenvalue weighted by atomic mass is 19.1. The molecule has 0 saturated carbocycles. The lowest BCUT2D eigenvalue weighted by Crippen LogP contribution is -2.29. The molecule has 5 aromatic rings. The highest BCUT2D eigenvalue weighted by Crippen LogP contribution is 2.35. The fraction of sp³-hybridized carbons (Fsp3) is 0.0370. The fourth-order valence-electron chi connectivity index (χ4n) is 4.37. The minimum atomic E-state index is -0.318. The van der Waals surface area contributed by atoms with E-state index in [4.69, 9.17) is 5.10 Å². The van der Waals surface area contributed by atoms with Crippen LogP contribution >= 0.6 is 0 Å². The van der Waals surface area contributed by atoms with Gasteiger partial charge >= 0.3 is 0 Å². The van der Waals surface area contributed by atoms with Crippen molar-refractivity contribution in [2.75, 3.05) is 0 Å². The van der Waals surface area contributed by atoms with Gasteiger partial charge in [0.05, 0.1) is 23.2 Å². The van der Waals surface area contributed by atoms with Crippen LogP contribution in [0.25, 0.3) is 27.9 Å². The Balaban J connectivity index is 1.46. The Morgan fingerprint density at radius 2 is 1.47 bits per heavy atom. The molecule has 2 aromatic carbocycles. The molecule has 34 heavy (non-hydrogen) atoms. The van der Waals surface area contributed by atoms with Gasteiger partial charge in [-0.2, -0.15) is 5.10 Å². The normalized spacial score (nSPS) is 13.0. The summed E-state index contributed by atoms with van der Waals surface area (Å²) in [4.78, 5) is 31.0. The number of rotatable bonds is 4. The minimum Gasteiger partial charge on any atom is -0.270 e. The fourth-order valence-corrected chi connectivity index (χ4v) is 4.37. The number of halogens is 1. The Bertz CT molecular complexity index is 1540. The molecule has 0 saturated heterocycles. The van der Waals surface area contributed by atoms with Crippen LogP contribution < -0.4 is 0 Å². The average Bonchev–Trinajstić information content (AvgIpc) is 3.36. The quantitative estimate of drug-likeness (QED) is 0.363. The van der Waals surface area contributed by atoms with Crippen molar-refractivity contribution in [1.29, 1.82) is 0 Å². The number of hydrogen-bond donors (Lipinski definition) is 0. The number of amides is 2. The summed E-state index contributed by atoms with van der Waals surface area (Å²) < 4.78 is 15.3. The Labute approximate surface area is 193 Å². The van der Waals surface area contributed by atoms with Crippen LogP contribution in [0.2, 0.25) is 0 Å². The van der Waals surface area contributed by atoms with E-state index in [0.29, 0.717) is 16.8 Å². The second-order valence-electron chi connectivity index (χ2n) is 8.07. The lowest BCUT2D eigenvalue weighted by Gasteiger charge is -2.14. The van der Waals surface area contributed by atoms with Crippen LogP contribution in [0.5, 0.6) is 0 Å². The lowest BCUT2D eigenvalue weighted by atomic mass is 10.00. The van der Waals surface area contributed by atoms with Crippen LogP contribution in [-0.2, 0) is 6.54 Å². The summed E-state index contributed by atoms with van der Waals surface area (Å²) >= 11 is 0. The molecule has 164 valence electrons. The highest BCUT2D eigenvalue weighted by molar-refractivity contribution is 6.21. The van der Waals surface area contributed by atoms with Gasteiger partial charge in [-0.25, -0.2) is 8.91 Å². The molecule has 3 aromatic heterocycles. The molecule has 0 spiro atoms. The molecule has 0 bridgehead atoms. The molecule has 4 heterocycles. The van der Waals surface area contributed by atoms with Gasteiger partial charge in [-0.15, -0.1) is 0 Å². The highest BCUT2D eigenvalue weighted by Gasteiger charge is 2.35. The van der Waals surface area contributed by atoms with E-state index < -0.39 is 0 Å². The van der Waals surface area contributed by atoms with Crippen molar-refractivity contribution in [1.82, 2.24) is 19.5 Å². The molecule has 0 unspecified atom stereocenters. The smallest absolute Gasteiger partial charge is 0.261 e. The molecule has 6 nitrogen and oxygen atoms in total. The predicted molar refractivity (Wildman–Crippen MR) is 124 cm³/mol. The topological polar surface area (TPSA) is 67.6 Å². The summed E-state index contributed by atoms with van der Waals surface area (Å²) in [6.45, 7) is 0.149. The third-order valence-corrected chi connectivity index (χ3v) is 6.00. The van der Waals surface area contributed by atoms with Gasteiger partial charge in [0.1, 0.15) is 11.5 Å². The molecular formula is C27H17FN4O2. The molecular weight excluding hydrogens is 431 g/mol. The maximum Gasteiger partial charge on any atom is 0.261 e. The second kappa shape index (κ2) is 7.74. The van der Waals surface area contributed by atoms with Crippen molar-refractivity contribution in [2.45, 2.75) is 6.54 Å². The van der Waals surface area contributed by atoms with Gasteiger partial charge in [0, 0.05) is 29.7 Å². The van der Waals surface area contributed by atoms with Gasteiger partial charge in [-0.3, -0.25) is 19.5 Å². The summed E-state index contributed by atoms with van der Waals surface area (Å²) in [5.41, 5.74) is 5.69. The van der Waals surface area contributed by atoms with Gasteiger partial charge in [0.2, 0.25) is 0 Å². The maximum absolute atomic E-state index is 13.5. The largest absolute Gasteiger partial charge is 0.270 e. The van der Waals surface area contributed by atoms with E-state index in [2.05, 4.69) is 4.98 Å². The Morgan fingerprint density at radius 3 is 2.15 bits per heavy atom. The van der Waals surface area contributed by atoms with Crippen LogP contribution in [0, 0.1) is 5.82 Å². The molecule has 0 aliphatic carbocycles. The first-order chi connectivity index (χ1) is 16.6. The van der Waals surface area contributed by atoms with E-state index in [1.54, 1.807) is 59.5 Å². The van der Waals surface area contributed by atoms with Crippen LogP contribution in [0.4, 0.5) is 4.39 Å². The lowest BCUT2D eigenvalue weighted by molar-refractivity contribution is 0.0642. The number of aromatic nitrogens is 3. The van der Waals surface area contributed by atoms with Crippen molar-refractivity contribution in [2.24, 2.45) is 0 Å². The van der Waals surface area contributed by atoms with Crippen molar-refractivity contribution in [3.63, 3.8) is 0 Å². The van der Waals surface area contributed by atoms with Gasteiger partial charge in [-0.1, -0.05) is 12.1 Å². The van der Waals surface area contributed by atoms with E-state index in [1.165, 1.54) is 17.0 Å². The second-order valence-corrected chi connectivity index (χ2v) is 8.07. The zero-order chi connectivity index (χ0) is 23.2. The number of carbonyl (C=O) groups is 2. The number of hydrogen-bond acceptors (Lipinski definition) is 4. The SMILES string of the molecule is O=C1c2ccccc2C(=O)N1Cc1ccn2nc(-c3ccc(F)cc3)c(-c3ccncc3)c2c1. The van der Waals surface area contributed by atoms with Crippen LogP contribution in [0.15, 0.2) is 91.4 Å². The van der Waals surface area contributed by atoms with E-state index >= 15 is 0 Å². The number of nitrogens with zero attached hydrogens (tertiary/aromatic N) is 4. The molecule has 7 heteroatoms. The molecule has 2 amide bonds. The first-order valence-electron chi connectivity index (χ1n) is 10.7. The molecule has 1 aliphatic rings. The molecule has 1 aliphatic heterocycles. The van der Waals surface area contributed by atoms with E-state index in [9.17, 15) is 14.0 Å². The van der Waals surface area contributed by atoms with Gasteiger partial charge < -0.3 is 0 Å². The third kappa shape index (κ3) is 3.17. The summed E-state index contributed by atoms with van der Waals surface area (Å²) in [6, 6.07) is 20.6. The predicted octanol–water partition coefficient (Wildman–Crippen LogP) is 5.00. The Hall–Kier alpha value is -4.65. The van der Waals surface area contributed by atoms with Crippen LogP contribution in [-0.4, -0.2) is 31.3 Å². The zero-order valence-corrected chi connectivity index (χ0v) is 17.9. The van der Waals surface area contributed by atoms with E-state index in [1.807, 2.05) is 24.3 Å². The summed E-state index contributed by atoms with van der Waals surface area (Å²) in [5.74, 6) is -0.910. The number of imide groups is 1. The zero-order valence-electron chi connectivity index (χ0n) is 17.9. The molecule has 0 atom stereocenters. The summed E-state index contributed by atoms with van der Waals surface area (Å²) in [6.07, 6.45) is 5.21. The van der Waals surface area contributed by atoms with Crippen LogP contribution in [0.3, 0.4) is 0 Å². The molecule has 0 fully saturated rings. The first kappa shape index (κ1) is 20.0. The number of pyridine rings is 2. The number of benzene rings is 2. The third-order valence-electron chi connectivity index (χ3n) is 6.00. The summed E-state index contributed by atoms with van der Waals surface area (Å²) in [5, 5.41) is 4.75. The Kier molecular flexibility index (Phi) is 4.55. The standard InChI is InChI=1S/C27H17FN4O2/c28-20-7-5-19(6-8-20)25-24(18-9-12-29-13-10-18)23-15-17(11-14-32(23)30-25)16-31-26(33)21-3-1-2-4-22(21)27(31)34/h1-15H,16H2. The minimum absolute atomic E-state index is 0.149. The van der Waals surface area contributed by atoms with E-state index in [0.717, 1.165) is 27.8 Å². The monoisotopic (exact) mass is 448 g/mol. The van der Waals surface area contributed by atoms with Crippen molar-refractivity contribution in [3.05, 3.63) is 114 Å². The number of carbonyl (C=O) groups excluding carboxylic acids is 2. The first-order valence-corrected chi connectivity index (χ1v) is 10.7. The molecule has 0 radical (unpaired) electrons. The van der Waals surface area contributed by atoms with Crippen molar-refractivity contribution >= 4 is 17.3 Å². The van der Waals surface area contributed by atoms with Gasteiger partial charge in [0.15, 0.2) is 0 Å².